The average Bonchev–Trinajstić information content (AvgIpc) is 3.09. The lowest BCUT2D eigenvalue weighted by Gasteiger charge is -2.24. The summed E-state index contributed by atoms with van der Waals surface area (Å²) in [6, 6.07) is 25.8. The molecule has 0 saturated carbocycles. The second-order valence-corrected chi connectivity index (χ2v) is 10.7. The maximum absolute atomic E-state index is 4.78. The molecule has 0 unspecified atom stereocenters. The first-order valence-electron chi connectivity index (χ1n) is 11.9. The maximum Gasteiger partial charge on any atom is 0.176 e. The Morgan fingerprint density at radius 3 is 2.32 bits per heavy atom. The van der Waals surface area contributed by atoms with E-state index in [0.717, 1.165) is 23.9 Å². The lowest BCUT2D eigenvalue weighted by molar-refractivity contribution is 0.568. The van der Waals surface area contributed by atoms with Gasteiger partial charge in [0, 0.05) is 35.7 Å². The SMILES string of the molecule is CC(C)(C)c1ccccc1-c1ccc2c(c1)N(c1nccnc1Nc1ccccc1)CC2(C)C. The Balaban J connectivity index is 1.62. The zero-order valence-corrected chi connectivity index (χ0v) is 20.6. The summed E-state index contributed by atoms with van der Waals surface area (Å²) in [6.07, 6.45) is 3.52. The lowest BCUT2D eigenvalue weighted by atomic mass is 9.81. The number of nitrogens with one attached hydrogen (secondary N) is 1. The number of para-hydroxylation sites is 1. The molecule has 5 rings (SSSR count). The van der Waals surface area contributed by atoms with Crippen molar-refractivity contribution in [1.29, 1.82) is 0 Å². The minimum absolute atomic E-state index is 0.00104. The Hall–Kier alpha value is -3.66. The van der Waals surface area contributed by atoms with E-state index >= 15 is 0 Å². The van der Waals surface area contributed by atoms with Crippen molar-refractivity contribution in [2.45, 2.75) is 45.4 Å². The summed E-state index contributed by atoms with van der Waals surface area (Å²) in [5.74, 6) is 1.61. The van der Waals surface area contributed by atoms with Crippen LogP contribution in [0, 0.1) is 0 Å². The van der Waals surface area contributed by atoms with Gasteiger partial charge in [-0.3, -0.25) is 0 Å². The number of nitrogens with zero attached hydrogens (tertiary/aromatic N) is 3. The molecule has 4 aromatic rings. The molecule has 0 aliphatic carbocycles. The van der Waals surface area contributed by atoms with Crippen LogP contribution in [0.15, 0.2) is 85.2 Å². The van der Waals surface area contributed by atoms with Crippen molar-refractivity contribution in [2.24, 2.45) is 0 Å². The molecular formula is C30H32N4. The van der Waals surface area contributed by atoms with Crippen LogP contribution in [0.3, 0.4) is 0 Å². The summed E-state index contributed by atoms with van der Waals surface area (Å²) >= 11 is 0. The van der Waals surface area contributed by atoms with Gasteiger partial charge in [-0.1, -0.05) is 89.2 Å². The normalized spacial score (nSPS) is 14.7. The number of fused-ring (bicyclic) bond motifs is 1. The summed E-state index contributed by atoms with van der Waals surface area (Å²) in [6.45, 7) is 12.3. The van der Waals surface area contributed by atoms with E-state index in [4.69, 9.17) is 4.98 Å². The third-order valence-corrected chi connectivity index (χ3v) is 6.59. The van der Waals surface area contributed by atoms with Gasteiger partial charge in [0.1, 0.15) is 0 Å². The first-order chi connectivity index (χ1) is 16.2. The number of hydrogen-bond donors (Lipinski definition) is 1. The summed E-state index contributed by atoms with van der Waals surface area (Å²) < 4.78 is 0. The Labute approximate surface area is 202 Å². The van der Waals surface area contributed by atoms with Gasteiger partial charge in [-0.05, 0) is 45.9 Å². The summed E-state index contributed by atoms with van der Waals surface area (Å²) in [7, 11) is 0. The molecule has 1 aliphatic rings. The van der Waals surface area contributed by atoms with Gasteiger partial charge in [0.05, 0.1) is 0 Å². The third-order valence-electron chi connectivity index (χ3n) is 6.59. The maximum atomic E-state index is 4.78. The average molecular weight is 449 g/mol. The predicted molar refractivity (Wildman–Crippen MR) is 142 cm³/mol. The lowest BCUT2D eigenvalue weighted by Crippen LogP contribution is -2.26. The van der Waals surface area contributed by atoms with Gasteiger partial charge >= 0.3 is 0 Å². The molecule has 2 heterocycles. The van der Waals surface area contributed by atoms with Crippen LogP contribution < -0.4 is 10.2 Å². The molecule has 0 bridgehead atoms. The van der Waals surface area contributed by atoms with Crippen molar-refractivity contribution < 1.29 is 0 Å². The molecule has 0 atom stereocenters. The van der Waals surface area contributed by atoms with Gasteiger partial charge < -0.3 is 10.2 Å². The van der Waals surface area contributed by atoms with Crippen LogP contribution in [-0.2, 0) is 10.8 Å². The van der Waals surface area contributed by atoms with E-state index in [-0.39, 0.29) is 10.8 Å². The van der Waals surface area contributed by atoms with Crippen LogP contribution in [0.25, 0.3) is 11.1 Å². The number of aromatic nitrogens is 2. The Morgan fingerprint density at radius 1 is 0.853 bits per heavy atom. The van der Waals surface area contributed by atoms with Crippen molar-refractivity contribution in [2.75, 3.05) is 16.8 Å². The minimum Gasteiger partial charge on any atom is -0.337 e. The van der Waals surface area contributed by atoms with E-state index < -0.39 is 0 Å². The summed E-state index contributed by atoms with van der Waals surface area (Å²) in [5, 5.41) is 3.47. The topological polar surface area (TPSA) is 41.1 Å². The molecule has 0 radical (unpaired) electrons. The van der Waals surface area contributed by atoms with E-state index in [1.807, 2.05) is 30.3 Å². The fourth-order valence-corrected chi connectivity index (χ4v) is 4.91. The van der Waals surface area contributed by atoms with E-state index in [0.29, 0.717) is 0 Å². The van der Waals surface area contributed by atoms with Gasteiger partial charge in [0.2, 0.25) is 0 Å². The molecule has 4 heteroatoms. The van der Waals surface area contributed by atoms with Crippen LogP contribution in [0.2, 0.25) is 0 Å². The van der Waals surface area contributed by atoms with Gasteiger partial charge in [-0.25, -0.2) is 9.97 Å². The zero-order chi connectivity index (χ0) is 23.9. The largest absolute Gasteiger partial charge is 0.337 e. The molecule has 1 N–H and O–H groups in total. The molecule has 1 aromatic heterocycles. The molecule has 34 heavy (non-hydrogen) atoms. The molecule has 172 valence electrons. The van der Waals surface area contributed by atoms with Gasteiger partial charge in [0.25, 0.3) is 0 Å². The van der Waals surface area contributed by atoms with Gasteiger partial charge in [-0.15, -0.1) is 0 Å². The number of rotatable bonds is 4. The van der Waals surface area contributed by atoms with Gasteiger partial charge in [-0.2, -0.15) is 0 Å². The molecule has 0 saturated heterocycles. The molecule has 3 aromatic carbocycles. The Kier molecular flexibility index (Phi) is 5.40. The number of anilines is 4. The summed E-state index contributed by atoms with van der Waals surface area (Å²) in [4.78, 5) is 11.7. The zero-order valence-electron chi connectivity index (χ0n) is 20.6. The van der Waals surface area contributed by atoms with Crippen molar-refractivity contribution in [1.82, 2.24) is 9.97 Å². The highest BCUT2D eigenvalue weighted by molar-refractivity contribution is 5.82. The highest BCUT2D eigenvalue weighted by atomic mass is 15.3. The van der Waals surface area contributed by atoms with Crippen LogP contribution in [0.4, 0.5) is 23.0 Å². The van der Waals surface area contributed by atoms with Crippen molar-refractivity contribution in [3.8, 4) is 11.1 Å². The Morgan fingerprint density at radius 2 is 1.56 bits per heavy atom. The van der Waals surface area contributed by atoms with E-state index in [2.05, 4.69) is 92.3 Å². The first-order valence-corrected chi connectivity index (χ1v) is 11.9. The first kappa shape index (κ1) is 22.1. The van der Waals surface area contributed by atoms with E-state index in [1.165, 1.54) is 27.9 Å². The van der Waals surface area contributed by atoms with Crippen molar-refractivity contribution >= 4 is 23.0 Å². The smallest absolute Gasteiger partial charge is 0.176 e. The van der Waals surface area contributed by atoms with E-state index in [9.17, 15) is 0 Å². The number of benzene rings is 3. The highest BCUT2D eigenvalue weighted by Crippen LogP contribution is 2.47. The monoisotopic (exact) mass is 448 g/mol. The second-order valence-electron chi connectivity index (χ2n) is 10.7. The molecule has 0 spiro atoms. The van der Waals surface area contributed by atoms with Gasteiger partial charge in [0.15, 0.2) is 11.6 Å². The van der Waals surface area contributed by atoms with Crippen molar-refractivity contribution in [3.63, 3.8) is 0 Å². The molecular weight excluding hydrogens is 416 g/mol. The highest BCUT2D eigenvalue weighted by Gasteiger charge is 2.37. The standard InChI is InChI=1S/C30H32N4/c1-29(2,3)24-14-10-9-13-23(24)21-15-16-25-26(19-21)34(20-30(25,4)5)28-27(31-17-18-32-28)33-22-11-7-6-8-12-22/h6-19H,20H2,1-5H3,(H,31,33). The van der Waals surface area contributed by atoms with Crippen LogP contribution in [-0.4, -0.2) is 16.5 Å². The van der Waals surface area contributed by atoms with Crippen LogP contribution in [0.1, 0.15) is 45.7 Å². The molecule has 4 nitrogen and oxygen atoms in total. The Bertz CT molecular complexity index is 1320. The molecule has 0 amide bonds. The summed E-state index contributed by atoms with van der Waals surface area (Å²) in [5.41, 5.74) is 7.45. The van der Waals surface area contributed by atoms with Crippen LogP contribution in [0.5, 0.6) is 0 Å². The predicted octanol–water partition coefficient (Wildman–Crippen LogP) is 7.61. The van der Waals surface area contributed by atoms with Crippen LogP contribution >= 0.6 is 0 Å². The minimum atomic E-state index is -0.00104. The van der Waals surface area contributed by atoms with Crippen molar-refractivity contribution in [3.05, 3.63) is 96.3 Å². The molecule has 0 fully saturated rings. The quantitative estimate of drug-likeness (QED) is 0.349. The third kappa shape index (κ3) is 4.05. The fraction of sp³-hybridized carbons (Fsp3) is 0.267. The molecule has 1 aliphatic heterocycles. The second kappa shape index (κ2) is 8.28. The fourth-order valence-electron chi connectivity index (χ4n) is 4.91. The van der Waals surface area contributed by atoms with E-state index in [1.54, 1.807) is 12.4 Å². The number of hydrogen-bond acceptors (Lipinski definition) is 4.